The van der Waals surface area contributed by atoms with E-state index in [1.54, 1.807) is 18.2 Å². The fraction of sp³-hybridized carbons (Fsp3) is 0.0909. The number of carbonyl (C=O) groups is 2. The van der Waals surface area contributed by atoms with Crippen molar-refractivity contribution >= 4 is 17.5 Å². The van der Waals surface area contributed by atoms with Gasteiger partial charge in [-0.3, -0.25) is 9.59 Å². The predicted octanol–water partition coefficient (Wildman–Crippen LogP) is 0.681. The number of benzene rings is 1. The molecule has 0 fully saturated rings. The summed E-state index contributed by atoms with van der Waals surface area (Å²) in [6.45, 7) is 0.427. The molecule has 4 nitrogen and oxygen atoms in total. The van der Waals surface area contributed by atoms with E-state index in [1.165, 1.54) is 0 Å². The van der Waals surface area contributed by atoms with E-state index in [0.29, 0.717) is 12.2 Å². The van der Waals surface area contributed by atoms with Gasteiger partial charge in [-0.2, -0.15) is 0 Å². The number of hydrogen-bond donors (Lipinski definition) is 2. The van der Waals surface area contributed by atoms with E-state index in [-0.39, 0.29) is 17.4 Å². The summed E-state index contributed by atoms with van der Waals surface area (Å²) in [5, 5.41) is 5.19. The first-order valence-corrected chi connectivity index (χ1v) is 4.62. The van der Waals surface area contributed by atoms with Crippen LogP contribution in [-0.4, -0.2) is 18.4 Å². The lowest BCUT2D eigenvalue weighted by molar-refractivity contribution is -0.120. The van der Waals surface area contributed by atoms with Gasteiger partial charge >= 0.3 is 0 Å². The van der Waals surface area contributed by atoms with Crippen LogP contribution < -0.4 is 10.6 Å². The van der Waals surface area contributed by atoms with Crippen LogP contribution in [0.3, 0.4) is 0 Å². The molecule has 1 heterocycles. The predicted molar refractivity (Wildman–Crippen MR) is 56.2 cm³/mol. The average Bonchev–Trinajstić information content (AvgIpc) is 2.66. The molecule has 1 aromatic carbocycles. The molecule has 2 rings (SSSR count). The summed E-state index contributed by atoms with van der Waals surface area (Å²) in [7, 11) is 0. The van der Waals surface area contributed by atoms with E-state index in [1.807, 2.05) is 18.2 Å². The van der Waals surface area contributed by atoms with Gasteiger partial charge in [0.05, 0.1) is 0 Å². The fourth-order valence-corrected chi connectivity index (χ4v) is 1.35. The first kappa shape index (κ1) is 9.45. The average molecular weight is 202 g/mol. The van der Waals surface area contributed by atoms with Crippen LogP contribution in [0.2, 0.25) is 0 Å². The van der Waals surface area contributed by atoms with Gasteiger partial charge < -0.3 is 10.6 Å². The Kier molecular flexibility index (Phi) is 2.49. The Morgan fingerprint density at radius 1 is 1.27 bits per heavy atom. The molecular weight excluding hydrogens is 192 g/mol. The molecular formula is C11H10N2O2. The number of amides is 2. The van der Waals surface area contributed by atoms with Crippen molar-refractivity contribution in [3.63, 3.8) is 0 Å². The minimum absolute atomic E-state index is 0.179. The van der Waals surface area contributed by atoms with Gasteiger partial charge in [-0.1, -0.05) is 18.2 Å². The van der Waals surface area contributed by atoms with E-state index in [4.69, 9.17) is 0 Å². The van der Waals surface area contributed by atoms with Crippen molar-refractivity contribution in [3.05, 3.63) is 42.0 Å². The highest BCUT2D eigenvalue weighted by Gasteiger charge is 2.21. The summed E-state index contributed by atoms with van der Waals surface area (Å²) >= 11 is 0. The number of rotatable bonds is 2. The van der Waals surface area contributed by atoms with Gasteiger partial charge in [0.25, 0.3) is 11.8 Å². The summed E-state index contributed by atoms with van der Waals surface area (Å²) in [6.07, 6.45) is 1.58. The van der Waals surface area contributed by atoms with Gasteiger partial charge in [-0.05, 0) is 18.2 Å². The SMILES string of the molecule is O=C1NCC=C1C(=O)Nc1ccccc1. The third-order valence-electron chi connectivity index (χ3n) is 2.09. The van der Waals surface area contributed by atoms with Crippen LogP contribution in [-0.2, 0) is 9.59 Å². The molecule has 0 radical (unpaired) electrons. The number of anilines is 1. The van der Waals surface area contributed by atoms with Crippen molar-refractivity contribution in [3.8, 4) is 0 Å². The van der Waals surface area contributed by atoms with Crippen LogP contribution in [0.15, 0.2) is 42.0 Å². The zero-order valence-corrected chi connectivity index (χ0v) is 7.99. The van der Waals surface area contributed by atoms with Crippen molar-refractivity contribution in [1.29, 1.82) is 0 Å². The maximum Gasteiger partial charge on any atom is 0.260 e. The van der Waals surface area contributed by atoms with E-state index in [2.05, 4.69) is 10.6 Å². The van der Waals surface area contributed by atoms with Gasteiger partial charge in [0.15, 0.2) is 0 Å². The van der Waals surface area contributed by atoms with Crippen LogP contribution in [0.4, 0.5) is 5.69 Å². The first-order chi connectivity index (χ1) is 7.27. The molecule has 2 amide bonds. The highest BCUT2D eigenvalue weighted by Crippen LogP contribution is 2.09. The Hall–Kier alpha value is -2.10. The minimum Gasteiger partial charge on any atom is -0.348 e. The largest absolute Gasteiger partial charge is 0.348 e. The Labute approximate surface area is 87.0 Å². The van der Waals surface area contributed by atoms with Crippen LogP contribution >= 0.6 is 0 Å². The maximum absolute atomic E-state index is 11.6. The van der Waals surface area contributed by atoms with Crippen LogP contribution in [0.5, 0.6) is 0 Å². The monoisotopic (exact) mass is 202 g/mol. The number of carbonyl (C=O) groups excluding carboxylic acids is 2. The third-order valence-corrected chi connectivity index (χ3v) is 2.09. The van der Waals surface area contributed by atoms with E-state index in [0.717, 1.165) is 0 Å². The van der Waals surface area contributed by atoms with Crippen molar-refractivity contribution in [2.75, 3.05) is 11.9 Å². The first-order valence-electron chi connectivity index (χ1n) is 4.62. The van der Waals surface area contributed by atoms with Crippen molar-refractivity contribution in [2.24, 2.45) is 0 Å². The van der Waals surface area contributed by atoms with Crippen molar-refractivity contribution in [1.82, 2.24) is 5.32 Å². The molecule has 0 saturated carbocycles. The van der Waals surface area contributed by atoms with Crippen molar-refractivity contribution in [2.45, 2.75) is 0 Å². The molecule has 1 aliphatic heterocycles. The molecule has 0 aliphatic carbocycles. The third kappa shape index (κ3) is 2.04. The molecule has 4 heteroatoms. The number of hydrogen-bond acceptors (Lipinski definition) is 2. The summed E-state index contributed by atoms with van der Waals surface area (Å²) in [6, 6.07) is 9.03. The summed E-state index contributed by atoms with van der Waals surface area (Å²) in [5.41, 5.74) is 0.863. The molecule has 2 N–H and O–H groups in total. The highest BCUT2D eigenvalue weighted by atomic mass is 16.2. The molecule has 0 saturated heterocycles. The molecule has 1 aromatic rings. The van der Waals surface area contributed by atoms with Crippen LogP contribution in [0, 0.1) is 0 Å². The van der Waals surface area contributed by atoms with E-state index >= 15 is 0 Å². The second kappa shape index (κ2) is 3.96. The summed E-state index contributed by atoms with van der Waals surface area (Å²) in [5.74, 6) is -0.681. The molecule has 0 aromatic heterocycles. The number of para-hydroxylation sites is 1. The molecule has 0 spiro atoms. The molecule has 0 atom stereocenters. The minimum atomic E-state index is -0.365. The second-order valence-corrected chi connectivity index (χ2v) is 3.15. The number of nitrogens with one attached hydrogen (secondary N) is 2. The van der Waals surface area contributed by atoms with Gasteiger partial charge in [0.1, 0.15) is 5.57 Å². The van der Waals surface area contributed by atoms with Gasteiger partial charge in [0.2, 0.25) is 0 Å². The maximum atomic E-state index is 11.6. The lowest BCUT2D eigenvalue weighted by Crippen LogP contribution is -2.24. The fourth-order valence-electron chi connectivity index (χ4n) is 1.35. The zero-order valence-electron chi connectivity index (χ0n) is 7.99. The Morgan fingerprint density at radius 2 is 2.00 bits per heavy atom. The van der Waals surface area contributed by atoms with Crippen LogP contribution in [0.1, 0.15) is 0 Å². The van der Waals surface area contributed by atoms with Crippen molar-refractivity contribution < 1.29 is 9.59 Å². The lowest BCUT2D eigenvalue weighted by Gasteiger charge is -2.03. The van der Waals surface area contributed by atoms with Crippen LogP contribution in [0.25, 0.3) is 0 Å². The molecule has 0 bridgehead atoms. The Morgan fingerprint density at radius 3 is 2.60 bits per heavy atom. The quantitative estimate of drug-likeness (QED) is 0.693. The normalized spacial score (nSPS) is 14.4. The molecule has 76 valence electrons. The topological polar surface area (TPSA) is 58.2 Å². The van der Waals surface area contributed by atoms with Gasteiger partial charge in [-0.15, -0.1) is 0 Å². The highest BCUT2D eigenvalue weighted by molar-refractivity contribution is 6.23. The second-order valence-electron chi connectivity index (χ2n) is 3.15. The van der Waals surface area contributed by atoms with Gasteiger partial charge in [-0.25, -0.2) is 0 Å². The summed E-state index contributed by atoms with van der Waals surface area (Å²) in [4.78, 5) is 22.8. The molecule has 15 heavy (non-hydrogen) atoms. The molecule has 1 aliphatic rings. The van der Waals surface area contributed by atoms with Gasteiger partial charge in [0, 0.05) is 12.2 Å². The van der Waals surface area contributed by atoms with E-state index in [9.17, 15) is 9.59 Å². The Balaban J connectivity index is 2.08. The summed E-state index contributed by atoms with van der Waals surface area (Å²) < 4.78 is 0. The molecule has 0 unspecified atom stereocenters. The lowest BCUT2D eigenvalue weighted by atomic mass is 10.2. The zero-order chi connectivity index (χ0) is 10.7. The smallest absolute Gasteiger partial charge is 0.260 e. The van der Waals surface area contributed by atoms with E-state index < -0.39 is 0 Å². The standard InChI is InChI=1S/C11H10N2O2/c14-10-9(6-7-12-10)11(15)13-8-4-2-1-3-5-8/h1-6H,7H2,(H,12,14)(H,13,15). The Bertz CT molecular complexity index is 423.